The van der Waals surface area contributed by atoms with Crippen LogP contribution in [0.4, 0.5) is 11.4 Å². The van der Waals surface area contributed by atoms with E-state index in [0.717, 1.165) is 46.3 Å². The standard InChI is InChI=1S/C34H26N4.2BrH.H2O/c35-31-15-17-37(33-7-3-1-5-27(31)33)21-23-9-11-25-13-14-26-12-10-24(20-30(26)29(25)19-23)22-38-18-16-32(36)28-6-2-4-8-34(28)38;;;/h1-20,35-36H,21-22H2;2*1H;1H2. The molecule has 6 N–H and O–H groups in total. The molecule has 0 saturated heterocycles. The van der Waals surface area contributed by atoms with E-state index in [1.807, 2.05) is 24.3 Å². The fourth-order valence-corrected chi connectivity index (χ4v) is 5.63. The van der Waals surface area contributed by atoms with E-state index in [4.69, 9.17) is 11.5 Å². The molecule has 7 heteroatoms. The lowest BCUT2D eigenvalue weighted by Crippen LogP contribution is -3.00. The third-order valence-electron chi connectivity index (χ3n) is 7.59. The molecule has 2 heterocycles. The van der Waals surface area contributed by atoms with Crippen LogP contribution in [0.5, 0.6) is 0 Å². The van der Waals surface area contributed by atoms with E-state index in [1.54, 1.807) is 0 Å². The summed E-state index contributed by atoms with van der Waals surface area (Å²) in [5.74, 6) is 0. The molecule has 41 heavy (non-hydrogen) atoms. The molecular weight excluding hydrogens is 640 g/mol. The van der Waals surface area contributed by atoms with Gasteiger partial charge in [-0.15, -0.1) is 0 Å². The highest BCUT2D eigenvalue weighted by Crippen LogP contribution is 2.28. The highest BCUT2D eigenvalue weighted by atomic mass is 79.9. The largest absolute Gasteiger partial charge is 1.00 e. The van der Waals surface area contributed by atoms with Crippen molar-refractivity contribution < 1.29 is 48.6 Å². The number of hydrogen-bond donors (Lipinski definition) is 2. The summed E-state index contributed by atoms with van der Waals surface area (Å²) in [5.41, 5.74) is 18.9. The topological polar surface area (TPSA) is 91.3 Å². The minimum Gasteiger partial charge on any atom is -1.00 e. The van der Waals surface area contributed by atoms with E-state index in [-0.39, 0.29) is 39.4 Å². The second kappa shape index (κ2) is 12.2. The number of benzene rings is 5. The van der Waals surface area contributed by atoms with Crippen molar-refractivity contribution in [2.45, 2.75) is 13.1 Å². The number of pyridine rings is 2. The first kappa shape index (κ1) is 29.9. The van der Waals surface area contributed by atoms with Crippen LogP contribution in [0.1, 0.15) is 11.1 Å². The molecular formula is C34H30Br2N4O. The van der Waals surface area contributed by atoms with Crippen LogP contribution in [0.25, 0.3) is 43.4 Å². The first-order valence-electron chi connectivity index (χ1n) is 12.9. The molecule has 7 aromatic rings. The zero-order valence-electron chi connectivity index (χ0n) is 22.3. The van der Waals surface area contributed by atoms with Gasteiger partial charge in [-0.3, -0.25) is 0 Å². The van der Waals surface area contributed by atoms with Gasteiger partial charge in [0.25, 0.3) is 0 Å². The lowest BCUT2D eigenvalue weighted by molar-refractivity contribution is -0.662. The first-order chi connectivity index (χ1) is 18.6. The Bertz CT molecular complexity index is 1880. The molecule has 0 spiro atoms. The van der Waals surface area contributed by atoms with E-state index in [2.05, 4.69) is 106 Å². The molecule has 0 saturated carbocycles. The number of anilines is 2. The van der Waals surface area contributed by atoms with Crippen LogP contribution < -0.4 is 54.6 Å². The number of fused-ring (bicyclic) bond motifs is 5. The number of aromatic nitrogens is 2. The minimum atomic E-state index is 0. The number of rotatable bonds is 4. The van der Waals surface area contributed by atoms with Crippen LogP contribution in [-0.2, 0) is 13.1 Å². The highest BCUT2D eigenvalue weighted by Gasteiger charge is 2.14. The number of nitrogens with two attached hydrogens (primary N) is 2. The Labute approximate surface area is 259 Å². The lowest BCUT2D eigenvalue weighted by atomic mass is 9.98. The van der Waals surface area contributed by atoms with Crippen LogP contribution in [0.2, 0.25) is 0 Å². The van der Waals surface area contributed by atoms with Crippen molar-refractivity contribution in [3.05, 3.63) is 133 Å². The van der Waals surface area contributed by atoms with Gasteiger partial charge in [-0.25, -0.2) is 0 Å². The SMILES string of the molecule is Nc1cc[n+](Cc2ccc3ccc4ccc(C[n+]5ccc(N)c6ccccc65)cc4c3c2)c2ccccc12.O.[Br-].[Br-]. The van der Waals surface area contributed by atoms with Gasteiger partial charge in [0.1, 0.15) is 0 Å². The van der Waals surface area contributed by atoms with Crippen molar-refractivity contribution in [1.82, 2.24) is 0 Å². The minimum absolute atomic E-state index is 0. The molecule has 0 amide bonds. The maximum atomic E-state index is 6.24. The average Bonchev–Trinajstić information content (AvgIpc) is 2.96. The summed E-state index contributed by atoms with van der Waals surface area (Å²) in [6, 6.07) is 38.7. The van der Waals surface area contributed by atoms with E-state index >= 15 is 0 Å². The molecule has 2 aromatic heterocycles. The lowest BCUT2D eigenvalue weighted by Gasteiger charge is -2.09. The zero-order valence-corrected chi connectivity index (χ0v) is 25.4. The summed E-state index contributed by atoms with van der Waals surface area (Å²) in [7, 11) is 0. The van der Waals surface area contributed by atoms with Gasteiger partial charge in [0.2, 0.25) is 11.0 Å². The van der Waals surface area contributed by atoms with Crippen molar-refractivity contribution in [3.8, 4) is 0 Å². The summed E-state index contributed by atoms with van der Waals surface area (Å²) in [6.45, 7) is 1.56. The molecule has 0 unspecified atom stereocenters. The van der Waals surface area contributed by atoms with E-state index in [9.17, 15) is 0 Å². The Morgan fingerprint density at radius 2 is 0.854 bits per heavy atom. The number of nitrogens with zero attached hydrogens (tertiary/aromatic N) is 2. The highest BCUT2D eigenvalue weighted by molar-refractivity contribution is 6.07. The van der Waals surface area contributed by atoms with E-state index in [0.29, 0.717) is 0 Å². The van der Waals surface area contributed by atoms with Crippen LogP contribution >= 0.6 is 0 Å². The van der Waals surface area contributed by atoms with Crippen LogP contribution in [0.3, 0.4) is 0 Å². The molecule has 0 atom stereocenters. The Morgan fingerprint density at radius 3 is 1.29 bits per heavy atom. The predicted molar refractivity (Wildman–Crippen MR) is 160 cm³/mol. The van der Waals surface area contributed by atoms with Crippen molar-refractivity contribution >= 4 is 54.7 Å². The van der Waals surface area contributed by atoms with Crippen LogP contribution in [0.15, 0.2) is 122 Å². The molecule has 0 radical (unpaired) electrons. The monoisotopic (exact) mass is 668 g/mol. The summed E-state index contributed by atoms with van der Waals surface area (Å²) >= 11 is 0. The van der Waals surface area contributed by atoms with Gasteiger partial charge in [0, 0.05) is 35.4 Å². The second-order valence-corrected chi connectivity index (χ2v) is 10.0. The van der Waals surface area contributed by atoms with Gasteiger partial charge in [-0.05, 0) is 45.8 Å². The Balaban J connectivity index is 0.00000129. The van der Waals surface area contributed by atoms with Crippen molar-refractivity contribution in [3.63, 3.8) is 0 Å². The molecule has 0 fully saturated rings. The maximum Gasteiger partial charge on any atom is 0.214 e. The Kier molecular flexibility index (Phi) is 8.92. The molecule has 7 rings (SSSR count). The van der Waals surface area contributed by atoms with Crippen LogP contribution in [-0.4, -0.2) is 5.48 Å². The average molecular weight is 670 g/mol. The number of halogens is 2. The summed E-state index contributed by atoms with van der Waals surface area (Å²) in [6.07, 6.45) is 4.16. The molecule has 206 valence electrons. The van der Waals surface area contributed by atoms with Gasteiger partial charge in [0.05, 0.1) is 22.1 Å². The molecule has 0 aliphatic rings. The van der Waals surface area contributed by atoms with Crippen molar-refractivity contribution in [2.75, 3.05) is 11.5 Å². The molecule has 0 bridgehead atoms. The van der Waals surface area contributed by atoms with E-state index in [1.165, 1.54) is 32.7 Å². The first-order valence-corrected chi connectivity index (χ1v) is 12.9. The molecule has 5 nitrogen and oxygen atoms in total. The Hall–Kier alpha value is -4.04. The van der Waals surface area contributed by atoms with Crippen molar-refractivity contribution in [1.29, 1.82) is 0 Å². The van der Waals surface area contributed by atoms with E-state index < -0.39 is 0 Å². The van der Waals surface area contributed by atoms with Gasteiger partial charge in [0.15, 0.2) is 25.5 Å². The van der Waals surface area contributed by atoms with Gasteiger partial charge < -0.3 is 50.9 Å². The summed E-state index contributed by atoms with van der Waals surface area (Å²) in [4.78, 5) is 0. The van der Waals surface area contributed by atoms with Gasteiger partial charge >= 0.3 is 0 Å². The molecule has 0 aliphatic carbocycles. The fraction of sp³-hybridized carbons (Fsp3) is 0.0588. The molecule has 0 aliphatic heterocycles. The maximum absolute atomic E-state index is 6.24. The normalized spacial score (nSPS) is 10.7. The second-order valence-electron chi connectivity index (χ2n) is 10.0. The summed E-state index contributed by atoms with van der Waals surface area (Å²) in [5, 5.41) is 7.20. The predicted octanol–water partition coefficient (Wildman–Crippen LogP) is -0.681. The van der Waals surface area contributed by atoms with Gasteiger partial charge in [-0.2, -0.15) is 9.13 Å². The third-order valence-corrected chi connectivity index (χ3v) is 7.59. The quantitative estimate of drug-likeness (QED) is 0.192. The summed E-state index contributed by atoms with van der Waals surface area (Å²) < 4.78 is 4.54. The number of hydrogen-bond acceptors (Lipinski definition) is 2. The third kappa shape index (κ3) is 5.48. The number of nitrogen functional groups attached to an aromatic ring is 2. The zero-order chi connectivity index (χ0) is 25.6. The Morgan fingerprint density at radius 1 is 0.463 bits per heavy atom. The fourth-order valence-electron chi connectivity index (χ4n) is 5.63. The van der Waals surface area contributed by atoms with Crippen LogP contribution in [0, 0.1) is 0 Å². The van der Waals surface area contributed by atoms with Gasteiger partial charge in [-0.1, -0.05) is 60.7 Å². The van der Waals surface area contributed by atoms with Crippen molar-refractivity contribution in [2.24, 2.45) is 0 Å². The number of para-hydroxylation sites is 2. The molecule has 5 aromatic carbocycles. The smallest absolute Gasteiger partial charge is 0.214 e.